The molecule has 2 fully saturated rings. The van der Waals surface area contributed by atoms with Crippen molar-refractivity contribution in [2.75, 3.05) is 13.2 Å². The van der Waals surface area contributed by atoms with E-state index in [0.717, 1.165) is 19.3 Å². The SMILES string of the molecule is CC1CN(C(=O)C2C(C)CCCC2N)C(C)CO1. The number of rotatable bonds is 1. The van der Waals surface area contributed by atoms with Crippen LogP contribution in [0.3, 0.4) is 0 Å². The summed E-state index contributed by atoms with van der Waals surface area (Å²) >= 11 is 0. The molecule has 5 unspecified atom stereocenters. The molecule has 2 rings (SSSR count). The molecule has 4 heteroatoms. The number of carbonyl (C=O) groups excluding carboxylic acids is 1. The molecule has 4 nitrogen and oxygen atoms in total. The molecule has 1 amide bonds. The topological polar surface area (TPSA) is 55.6 Å². The maximum Gasteiger partial charge on any atom is 0.227 e. The van der Waals surface area contributed by atoms with Crippen LogP contribution < -0.4 is 5.73 Å². The number of morpholine rings is 1. The van der Waals surface area contributed by atoms with Gasteiger partial charge in [0.1, 0.15) is 0 Å². The highest BCUT2D eigenvalue weighted by atomic mass is 16.5. The second-order valence-electron chi connectivity index (χ2n) is 6.08. The first-order chi connectivity index (χ1) is 8.50. The van der Waals surface area contributed by atoms with Gasteiger partial charge in [-0.2, -0.15) is 0 Å². The van der Waals surface area contributed by atoms with E-state index in [9.17, 15) is 4.79 Å². The lowest BCUT2D eigenvalue weighted by Gasteiger charge is -2.42. The molecule has 0 aromatic rings. The number of amides is 1. The van der Waals surface area contributed by atoms with E-state index < -0.39 is 0 Å². The van der Waals surface area contributed by atoms with E-state index in [4.69, 9.17) is 10.5 Å². The van der Waals surface area contributed by atoms with Gasteiger partial charge in [0.05, 0.1) is 24.7 Å². The molecule has 2 aliphatic rings. The maximum atomic E-state index is 12.7. The van der Waals surface area contributed by atoms with Gasteiger partial charge in [0.25, 0.3) is 0 Å². The molecule has 1 heterocycles. The first-order valence-electron chi connectivity index (χ1n) is 7.18. The zero-order valence-electron chi connectivity index (χ0n) is 11.8. The van der Waals surface area contributed by atoms with Crippen LogP contribution in [-0.2, 0) is 9.53 Å². The largest absolute Gasteiger partial charge is 0.375 e. The fraction of sp³-hybridized carbons (Fsp3) is 0.929. The first kappa shape index (κ1) is 13.8. The first-order valence-corrected chi connectivity index (χ1v) is 7.18. The lowest BCUT2D eigenvalue weighted by atomic mass is 9.76. The molecule has 5 atom stereocenters. The number of hydrogen-bond donors (Lipinski definition) is 1. The molecule has 2 N–H and O–H groups in total. The summed E-state index contributed by atoms with van der Waals surface area (Å²) in [5.74, 6) is 0.662. The fourth-order valence-electron chi connectivity index (χ4n) is 3.28. The molecule has 0 radical (unpaired) electrons. The summed E-state index contributed by atoms with van der Waals surface area (Å²) in [4.78, 5) is 14.7. The van der Waals surface area contributed by atoms with E-state index >= 15 is 0 Å². The van der Waals surface area contributed by atoms with Crippen molar-refractivity contribution in [2.45, 2.75) is 58.2 Å². The zero-order chi connectivity index (χ0) is 13.3. The van der Waals surface area contributed by atoms with Gasteiger partial charge in [-0.05, 0) is 32.6 Å². The van der Waals surface area contributed by atoms with Crippen LogP contribution in [0.15, 0.2) is 0 Å². The number of hydrogen-bond acceptors (Lipinski definition) is 3. The third-order valence-electron chi connectivity index (χ3n) is 4.45. The van der Waals surface area contributed by atoms with Crippen molar-refractivity contribution < 1.29 is 9.53 Å². The van der Waals surface area contributed by atoms with Gasteiger partial charge in [0.2, 0.25) is 5.91 Å². The Morgan fingerprint density at radius 2 is 2.00 bits per heavy atom. The molecule has 104 valence electrons. The van der Waals surface area contributed by atoms with Crippen molar-refractivity contribution in [1.82, 2.24) is 4.90 Å². The van der Waals surface area contributed by atoms with Crippen LogP contribution in [0.4, 0.5) is 0 Å². The smallest absolute Gasteiger partial charge is 0.227 e. The minimum atomic E-state index is 0.00602. The van der Waals surface area contributed by atoms with Crippen LogP contribution in [0.2, 0.25) is 0 Å². The minimum absolute atomic E-state index is 0.00602. The fourth-order valence-corrected chi connectivity index (χ4v) is 3.28. The summed E-state index contributed by atoms with van der Waals surface area (Å²) in [5.41, 5.74) is 6.18. The van der Waals surface area contributed by atoms with Gasteiger partial charge in [0.15, 0.2) is 0 Å². The number of ether oxygens (including phenoxy) is 1. The van der Waals surface area contributed by atoms with Gasteiger partial charge >= 0.3 is 0 Å². The lowest BCUT2D eigenvalue weighted by molar-refractivity contribution is -0.151. The third-order valence-corrected chi connectivity index (χ3v) is 4.45. The van der Waals surface area contributed by atoms with Crippen LogP contribution in [0.5, 0.6) is 0 Å². The van der Waals surface area contributed by atoms with Gasteiger partial charge < -0.3 is 15.4 Å². The van der Waals surface area contributed by atoms with Crippen LogP contribution in [0.25, 0.3) is 0 Å². The number of nitrogens with zero attached hydrogens (tertiary/aromatic N) is 1. The number of carbonyl (C=O) groups is 1. The van der Waals surface area contributed by atoms with E-state index in [0.29, 0.717) is 19.1 Å². The average molecular weight is 254 g/mol. The van der Waals surface area contributed by atoms with E-state index in [1.54, 1.807) is 0 Å². The molecule has 18 heavy (non-hydrogen) atoms. The van der Waals surface area contributed by atoms with Crippen molar-refractivity contribution in [3.63, 3.8) is 0 Å². The second-order valence-corrected chi connectivity index (χ2v) is 6.08. The Kier molecular flexibility index (Phi) is 4.28. The summed E-state index contributed by atoms with van der Waals surface area (Å²) in [6.45, 7) is 7.59. The van der Waals surface area contributed by atoms with Crippen molar-refractivity contribution in [1.29, 1.82) is 0 Å². The van der Waals surface area contributed by atoms with Gasteiger partial charge in [-0.25, -0.2) is 0 Å². The second kappa shape index (κ2) is 5.57. The summed E-state index contributed by atoms with van der Waals surface area (Å²) < 4.78 is 5.59. The minimum Gasteiger partial charge on any atom is -0.375 e. The molecule has 0 aromatic carbocycles. The Bertz CT molecular complexity index is 298. The molecule has 0 spiro atoms. The van der Waals surface area contributed by atoms with Crippen molar-refractivity contribution >= 4 is 5.91 Å². The van der Waals surface area contributed by atoms with E-state index in [1.807, 2.05) is 11.8 Å². The molecular formula is C14H26N2O2. The van der Waals surface area contributed by atoms with Crippen LogP contribution in [-0.4, -0.2) is 42.1 Å². The highest BCUT2D eigenvalue weighted by molar-refractivity contribution is 5.80. The molecule has 0 bridgehead atoms. The number of nitrogens with two attached hydrogens (primary N) is 1. The summed E-state index contributed by atoms with van der Waals surface area (Å²) in [6.07, 6.45) is 3.40. The molecule has 1 aliphatic heterocycles. The third kappa shape index (κ3) is 2.69. The monoisotopic (exact) mass is 254 g/mol. The normalized spacial score (nSPS) is 41.8. The molecule has 0 aromatic heterocycles. The van der Waals surface area contributed by atoms with E-state index in [-0.39, 0.29) is 30.0 Å². The maximum absolute atomic E-state index is 12.7. The highest BCUT2D eigenvalue weighted by Crippen LogP contribution is 2.31. The quantitative estimate of drug-likeness (QED) is 0.769. The standard InChI is InChI=1S/C14H26N2O2/c1-9-5-4-6-12(15)13(9)14(17)16-7-11(3)18-8-10(16)2/h9-13H,4-8,15H2,1-3H3. The van der Waals surface area contributed by atoms with Crippen LogP contribution in [0.1, 0.15) is 40.0 Å². The average Bonchev–Trinajstić information content (AvgIpc) is 2.32. The summed E-state index contributed by atoms with van der Waals surface area (Å²) in [5, 5.41) is 0. The molecule has 1 saturated carbocycles. The summed E-state index contributed by atoms with van der Waals surface area (Å²) in [7, 11) is 0. The predicted molar refractivity (Wildman–Crippen MR) is 71.1 cm³/mol. The summed E-state index contributed by atoms with van der Waals surface area (Å²) in [6, 6.07) is 0.210. The highest BCUT2D eigenvalue weighted by Gasteiger charge is 2.39. The van der Waals surface area contributed by atoms with Crippen LogP contribution in [0, 0.1) is 11.8 Å². The molecule has 1 aliphatic carbocycles. The predicted octanol–water partition coefficient (Wildman–Crippen LogP) is 1.39. The van der Waals surface area contributed by atoms with Crippen molar-refractivity contribution in [2.24, 2.45) is 17.6 Å². The van der Waals surface area contributed by atoms with Crippen molar-refractivity contribution in [3.05, 3.63) is 0 Å². The Hall–Kier alpha value is -0.610. The Morgan fingerprint density at radius 1 is 1.28 bits per heavy atom. The van der Waals surface area contributed by atoms with Crippen LogP contribution >= 0.6 is 0 Å². The molecular weight excluding hydrogens is 228 g/mol. The van der Waals surface area contributed by atoms with Gasteiger partial charge in [-0.1, -0.05) is 13.3 Å². The van der Waals surface area contributed by atoms with E-state index in [1.165, 1.54) is 0 Å². The van der Waals surface area contributed by atoms with Gasteiger partial charge in [0, 0.05) is 12.6 Å². The zero-order valence-corrected chi connectivity index (χ0v) is 11.8. The van der Waals surface area contributed by atoms with Crippen molar-refractivity contribution in [3.8, 4) is 0 Å². The lowest BCUT2D eigenvalue weighted by Crippen LogP contribution is -2.56. The Labute approximate surface area is 110 Å². The van der Waals surface area contributed by atoms with Gasteiger partial charge in [-0.3, -0.25) is 4.79 Å². The Balaban J connectivity index is 2.08. The molecule has 1 saturated heterocycles. The van der Waals surface area contributed by atoms with E-state index in [2.05, 4.69) is 13.8 Å². The Morgan fingerprint density at radius 3 is 2.67 bits per heavy atom. The van der Waals surface area contributed by atoms with Gasteiger partial charge in [-0.15, -0.1) is 0 Å².